The number of hydrogen-bond donors (Lipinski definition) is 0. The largest absolute Gasteiger partial charge is 0.144 e. The van der Waals surface area contributed by atoms with Gasteiger partial charge in [0.1, 0.15) is 28.5 Å². The maximum absolute atomic E-state index is 2.39. The molecule has 4 aromatic rings. The van der Waals surface area contributed by atoms with Crippen LogP contribution in [0.15, 0.2) is 97.1 Å². The summed E-state index contributed by atoms with van der Waals surface area (Å²) in [5.74, 6) is 0. The molecular weight excluding hydrogens is 367 g/mol. The monoisotopic (exact) mass is 395 g/mol. The number of rotatable bonds is 4. The van der Waals surface area contributed by atoms with Gasteiger partial charge >= 0.3 is 0 Å². The molecule has 0 N–H and O–H groups in total. The molecule has 0 heterocycles. The Balaban J connectivity index is 2.19. The van der Waals surface area contributed by atoms with Crippen molar-refractivity contribution in [3.05, 3.63) is 119 Å². The van der Waals surface area contributed by atoms with Crippen molar-refractivity contribution in [3.8, 4) is 0 Å². The van der Waals surface area contributed by atoms with Gasteiger partial charge in [-0.15, -0.1) is 0 Å². The average molecular weight is 396 g/mol. The zero-order valence-corrected chi connectivity index (χ0v) is 18.6. The Morgan fingerprint density at radius 3 is 0.828 bits per heavy atom. The van der Waals surface area contributed by atoms with E-state index >= 15 is 0 Å². The van der Waals surface area contributed by atoms with Crippen LogP contribution in [0.4, 0.5) is 0 Å². The van der Waals surface area contributed by atoms with Gasteiger partial charge in [0, 0.05) is 0 Å². The third-order valence-corrected chi connectivity index (χ3v) is 9.77. The van der Waals surface area contributed by atoms with Gasteiger partial charge in [-0.3, -0.25) is 0 Å². The van der Waals surface area contributed by atoms with Crippen LogP contribution in [0.25, 0.3) is 0 Å². The minimum atomic E-state index is -2.01. The first-order valence-corrected chi connectivity index (χ1v) is 12.0. The molecule has 0 aliphatic rings. The van der Waals surface area contributed by atoms with Gasteiger partial charge in [-0.25, -0.2) is 0 Å². The molecule has 29 heavy (non-hydrogen) atoms. The summed E-state index contributed by atoms with van der Waals surface area (Å²) in [5, 5.41) is 5.66. The fourth-order valence-corrected chi connectivity index (χ4v) is 8.86. The third-order valence-electron chi connectivity index (χ3n) is 5.56. The van der Waals surface area contributed by atoms with Gasteiger partial charge in [0.2, 0.25) is 0 Å². The molecule has 0 nitrogen and oxygen atoms in total. The average Bonchev–Trinajstić information content (AvgIpc) is 2.69. The number of hydrogen-bond acceptors (Lipinski definition) is 0. The first-order chi connectivity index (χ1) is 14.0. The smallest absolute Gasteiger partial charge is 0.0590 e. The first kappa shape index (κ1) is 19.6. The van der Waals surface area contributed by atoms with Crippen LogP contribution in [0.3, 0.4) is 0 Å². The van der Waals surface area contributed by atoms with Crippen LogP contribution in [-0.4, -0.2) is 0 Å². The predicted molar refractivity (Wildman–Crippen MR) is 130 cm³/mol. The standard InChI is InChI=1S/C28H28P/c1-21-9-5-13-25(17-21)29(26-14-6-10-22(2)18-26,27-15-7-11-23(3)19-27)28-16-8-12-24(4)20-28/h5-20H,1-4H3/q+1. The zero-order valence-electron chi connectivity index (χ0n) is 17.7. The Morgan fingerprint density at radius 1 is 0.379 bits per heavy atom. The molecule has 0 amide bonds. The van der Waals surface area contributed by atoms with E-state index in [-0.39, 0.29) is 0 Å². The van der Waals surface area contributed by atoms with Crippen LogP contribution in [-0.2, 0) is 0 Å². The molecule has 0 fully saturated rings. The summed E-state index contributed by atoms with van der Waals surface area (Å²) >= 11 is 0. The van der Waals surface area contributed by atoms with Crippen LogP contribution in [0.1, 0.15) is 22.3 Å². The lowest BCUT2D eigenvalue weighted by Gasteiger charge is -2.28. The molecule has 0 aromatic heterocycles. The summed E-state index contributed by atoms with van der Waals surface area (Å²) in [6.45, 7) is 8.78. The summed E-state index contributed by atoms with van der Waals surface area (Å²) in [6, 6.07) is 36.5. The summed E-state index contributed by atoms with van der Waals surface area (Å²) in [5.41, 5.74) is 5.22. The summed E-state index contributed by atoms with van der Waals surface area (Å²) in [4.78, 5) is 0. The van der Waals surface area contributed by atoms with Crippen molar-refractivity contribution in [1.82, 2.24) is 0 Å². The molecule has 0 atom stereocenters. The topological polar surface area (TPSA) is 0 Å². The molecule has 0 unspecified atom stereocenters. The molecule has 144 valence electrons. The number of aryl methyl sites for hydroxylation is 4. The van der Waals surface area contributed by atoms with Gasteiger partial charge in [-0.1, -0.05) is 48.5 Å². The Bertz CT molecular complexity index is 969. The second kappa shape index (κ2) is 7.97. The van der Waals surface area contributed by atoms with E-state index in [2.05, 4.69) is 125 Å². The van der Waals surface area contributed by atoms with Gasteiger partial charge in [-0.2, -0.15) is 0 Å². The van der Waals surface area contributed by atoms with Crippen LogP contribution >= 0.6 is 7.26 Å². The Hall–Kier alpha value is -2.69. The lowest BCUT2D eigenvalue weighted by Crippen LogP contribution is -2.39. The number of benzene rings is 4. The maximum atomic E-state index is 2.39. The molecule has 0 radical (unpaired) electrons. The molecule has 4 aromatic carbocycles. The zero-order chi connectivity index (χ0) is 20.4. The van der Waals surface area contributed by atoms with Gasteiger partial charge in [0.25, 0.3) is 0 Å². The second-order valence-electron chi connectivity index (χ2n) is 8.03. The van der Waals surface area contributed by atoms with Gasteiger partial charge in [0.05, 0.1) is 0 Å². The maximum Gasteiger partial charge on any atom is 0.144 e. The van der Waals surface area contributed by atoms with Crippen LogP contribution in [0.5, 0.6) is 0 Å². The van der Waals surface area contributed by atoms with Crippen molar-refractivity contribution in [2.75, 3.05) is 0 Å². The van der Waals surface area contributed by atoms with Crippen molar-refractivity contribution in [1.29, 1.82) is 0 Å². The lowest BCUT2D eigenvalue weighted by atomic mass is 10.2. The summed E-state index contributed by atoms with van der Waals surface area (Å²) < 4.78 is 0. The van der Waals surface area contributed by atoms with Crippen molar-refractivity contribution in [3.63, 3.8) is 0 Å². The van der Waals surface area contributed by atoms with E-state index < -0.39 is 7.26 Å². The molecule has 1 heteroatoms. The Labute approximate surface area is 175 Å². The van der Waals surface area contributed by atoms with E-state index in [1.807, 2.05) is 0 Å². The highest BCUT2D eigenvalue weighted by atomic mass is 31.2. The van der Waals surface area contributed by atoms with Crippen LogP contribution in [0, 0.1) is 27.7 Å². The molecular formula is C28H28P+. The van der Waals surface area contributed by atoms with E-state index in [1.54, 1.807) is 0 Å². The van der Waals surface area contributed by atoms with Gasteiger partial charge in [-0.05, 0) is 98.5 Å². The summed E-state index contributed by atoms with van der Waals surface area (Å²) in [6.07, 6.45) is 0. The Morgan fingerprint density at radius 2 is 0.621 bits per heavy atom. The van der Waals surface area contributed by atoms with Crippen LogP contribution < -0.4 is 21.2 Å². The molecule has 4 rings (SSSR count). The molecule has 0 saturated carbocycles. The molecule has 0 aliphatic heterocycles. The van der Waals surface area contributed by atoms with Crippen LogP contribution in [0.2, 0.25) is 0 Å². The van der Waals surface area contributed by atoms with E-state index in [1.165, 1.54) is 43.5 Å². The van der Waals surface area contributed by atoms with Crippen molar-refractivity contribution in [2.45, 2.75) is 27.7 Å². The lowest BCUT2D eigenvalue weighted by molar-refractivity contribution is 1.47. The fraction of sp³-hybridized carbons (Fsp3) is 0.143. The fourth-order valence-electron chi connectivity index (χ4n) is 4.24. The molecule has 0 saturated heterocycles. The Kier molecular flexibility index (Phi) is 5.39. The highest BCUT2D eigenvalue weighted by Gasteiger charge is 2.48. The van der Waals surface area contributed by atoms with E-state index in [4.69, 9.17) is 0 Å². The predicted octanol–water partition coefficient (Wildman–Crippen LogP) is 5.54. The first-order valence-electron chi connectivity index (χ1n) is 10.2. The molecule has 0 spiro atoms. The van der Waals surface area contributed by atoms with Crippen molar-refractivity contribution >= 4 is 28.5 Å². The van der Waals surface area contributed by atoms with Crippen molar-refractivity contribution in [2.24, 2.45) is 0 Å². The molecule has 0 aliphatic carbocycles. The van der Waals surface area contributed by atoms with E-state index in [0.29, 0.717) is 0 Å². The van der Waals surface area contributed by atoms with Gasteiger partial charge < -0.3 is 0 Å². The highest BCUT2D eigenvalue weighted by molar-refractivity contribution is 8.01. The van der Waals surface area contributed by atoms with E-state index in [9.17, 15) is 0 Å². The van der Waals surface area contributed by atoms with E-state index in [0.717, 1.165) is 0 Å². The normalized spacial score (nSPS) is 11.4. The molecule has 0 bridgehead atoms. The van der Waals surface area contributed by atoms with Gasteiger partial charge in [0.15, 0.2) is 0 Å². The quantitative estimate of drug-likeness (QED) is 0.398. The minimum absolute atomic E-state index is 1.31. The minimum Gasteiger partial charge on any atom is -0.0590 e. The SMILES string of the molecule is Cc1cccc([P+](c2cccc(C)c2)(c2cccc(C)c2)c2cccc(C)c2)c1. The second-order valence-corrected chi connectivity index (χ2v) is 11.4. The third kappa shape index (κ3) is 3.66. The summed E-state index contributed by atoms with van der Waals surface area (Å²) in [7, 11) is -2.01. The van der Waals surface area contributed by atoms with Crippen molar-refractivity contribution < 1.29 is 0 Å². The highest BCUT2D eigenvalue weighted by Crippen LogP contribution is 2.54.